The molecule has 1 aliphatic rings. The minimum atomic E-state index is -0.738. The molecule has 4 nitrogen and oxygen atoms in total. The number of aryl methyl sites for hydroxylation is 1. The van der Waals surface area contributed by atoms with Crippen LogP contribution in [-0.2, 0) is 16.1 Å². The van der Waals surface area contributed by atoms with Crippen LogP contribution in [0.25, 0.3) is 0 Å². The van der Waals surface area contributed by atoms with Crippen molar-refractivity contribution in [2.75, 3.05) is 0 Å². The predicted molar refractivity (Wildman–Crippen MR) is 83.8 cm³/mol. The van der Waals surface area contributed by atoms with Crippen LogP contribution in [0.5, 0.6) is 0 Å². The summed E-state index contributed by atoms with van der Waals surface area (Å²) in [6, 6.07) is 5.97. The monoisotopic (exact) mass is 353 g/mol. The van der Waals surface area contributed by atoms with E-state index in [4.69, 9.17) is 5.11 Å². The Hall–Kier alpha value is -1.36. The van der Waals surface area contributed by atoms with Gasteiger partial charge in [-0.15, -0.1) is 0 Å². The molecule has 114 valence electrons. The maximum Gasteiger partial charge on any atom is 0.306 e. The number of aliphatic carboxylic acids is 1. The second kappa shape index (κ2) is 7.07. The summed E-state index contributed by atoms with van der Waals surface area (Å²) in [5.74, 6) is -1.03. The summed E-state index contributed by atoms with van der Waals surface area (Å²) in [5, 5.41) is 11.9. The highest BCUT2D eigenvalue weighted by Gasteiger charge is 2.29. The Balaban J connectivity index is 1.85. The van der Waals surface area contributed by atoms with Gasteiger partial charge in [-0.1, -0.05) is 34.1 Å². The summed E-state index contributed by atoms with van der Waals surface area (Å²) in [6.07, 6.45) is 2.53. The third-order valence-electron chi connectivity index (χ3n) is 4.17. The smallest absolute Gasteiger partial charge is 0.306 e. The zero-order valence-electron chi connectivity index (χ0n) is 12.1. The molecule has 0 unspecified atom stereocenters. The molecule has 2 rings (SSSR count). The van der Waals surface area contributed by atoms with Gasteiger partial charge in [-0.3, -0.25) is 9.59 Å². The average molecular weight is 354 g/mol. The highest BCUT2D eigenvalue weighted by Crippen LogP contribution is 2.29. The van der Waals surface area contributed by atoms with Crippen molar-refractivity contribution in [1.82, 2.24) is 5.32 Å². The van der Waals surface area contributed by atoms with Gasteiger partial charge in [0.05, 0.1) is 5.92 Å². The molecule has 0 heterocycles. The molecule has 0 aliphatic heterocycles. The first-order valence-electron chi connectivity index (χ1n) is 7.23. The lowest BCUT2D eigenvalue weighted by molar-refractivity contribution is -0.144. The van der Waals surface area contributed by atoms with Gasteiger partial charge in [0.2, 0.25) is 5.91 Å². The summed E-state index contributed by atoms with van der Waals surface area (Å²) in [7, 11) is 0. The molecule has 2 N–H and O–H groups in total. The van der Waals surface area contributed by atoms with E-state index in [9.17, 15) is 9.59 Å². The van der Waals surface area contributed by atoms with Crippen molar-refractivity contribution in [2.24, 2.45) is 11.8 Å². The SMILES string of the molecule is Cc1cccc(CNC(=O)C2CCC(C(=O)O)CC2)c1Br. The van der Waals surface area contributed by atoms with Gasteiger partial charge in [0.1, 0.15) is 0 Å². The molecule has 5 heteroatoms. The fourth-order valence-electron chi connectivity index (χ4n) is 2.77. The third kappa shape index (κ3) is 4.06. The maximum absolute atomic E-state index is 12.2. The van der Waals surface area contributed by atoms with Crippen molar-refractivity contribution in [1.29, 1.82) is 0 Å². The molecular weight excluding hydrogens is 334 g/mol. The van der Waals surface area contributed by atoms with E-state index in [1.165, 1.54) is 0 Å². The van der Waals surface area contributed by atoms with E-state index in [1.54, 1.807) is 0 Å². The molecule has 0 aromatic heterocycles. The number of halogens is 1. The molecule has 1 fully saturated rings. The van der Waals surface area contributed by atoms with Crippen LogP contribution in [0.4, 0.5) is 0 Å². The van der Waals surface area contributed by atoms with Gasteiger partial charge in [-0.05, 0) is 43.7 Å². The lowest BCUT2D eigenvalue weighted by Gasteiger charge is -2.25. The van der Waals surface area contributed by atoms with Crippen LogP contribution < -0.4 is 5.32 Å². The van der Waals surface area contributed by atoms with Gasteiger partial charge in [0.15, 0.2) is 0 Å². The lowest BCUT2D eigenvalue weighted by Crippen LogP contribution is -2.34. The highest BCUT2D eigenvalue weighted by atomic mass is 79.9. The van der Waals surface area contributed by atoms with Crippen molar-refractivity contribution >= 4 is 27.8 Å². The van der Waals surface area contributed by atoms with Gasteiger partial charge in [0.25, 0.3) is 0 Å². The van der Waals surface area contributed by atoms with Crippen molar-refractivity contribution in [3.05, 3.63) is 33.8 Å². The molecule has 1 saturated carbocycles. The van der Waals surface area contributed by atoms with Crippen molar-refractivity contribution in [3.8, 4) is 0 Å². The Morgan fingerprint density at radius 2 is 1.86 bits per heavy atom. The second-order valence-corrected chi connectivity index (χ2v) is 6.45. The van der Waals surface area contributed by atoms with Crippen molar-refractivity contribution in [2.45, 2.75) is 39.2 Å². The van der Waals surface area contributed by atoms with Crippen LogP contribution in [-0.4, -0.2) is 17.0 Å². The Morgan fingerprint density at radius 3 is 2.48 bits per heavy atom. The molecule has 0 saturated heterocycles. The van der Waals surface area contributed by atoms with E-state index < -0.39 is 5.97 Å². The summed E-state index contributed by atoms with van der Waals surface area (Å²) < 4.78 is 1.03. The molecule has 1 aromatic rings. The van der Waals surface area contributed by atoms with Gasteiger partial charge < -0.3 is 10.4 Å². The van der Waals surface area contributed by atoms with E-state index in [1.807, 2.05) is 25.1 Å². The molecule has 0 spiro atoms. The maximum atomic E-state index is 12.2. The average Bonchev–Trinajstić information content (AvgIpc) is 2.48. The summed E-state index contributed by atoms with van der Waals surface area (Å²) in [5.41, 5.74) is 2.20. The largest absolute Gasteiger partial charge is 0.481 e. The quantitative estimate of drug-likeness (QED) is 0.872. The molecule has 1 amide bonds. The van der Waals surface area contributed by atoms with E-state index >= 15 is 0 Å². The molecule has 1 aromatic carbocycles. The van der Waals surface area contributed by atoms with Crippen LogP contribution in [0.2, 0.25) is 0 Å². The van der Waals surface area contributed by atoms with Gasteiger partial charge in [-0.2, -0.15) is 0 Å². The Morgan fingerprint density at radius 1 is 1.24 bits per heavy atom. The normalized spacial score (nSPS) is 21.8. The fraction of sp³-hybridized carbons (Fsp3) is 0.500. The Bertz CT molecular complexity index is 536. The number of carboxylic acid groups (broad SMARTS) is 1. The number of rotatable bonds is 4. The first-order valence-corrected chi connectivity index (χ1v) is 8.03. The van der Waals surface area contributed by atoms with Crippen molar-refractivity contribution < 1.29 is 14.7 Å². The number of carbonyl (C=O) groups excluding carboxylic acids is 1. The summed E-state index contributed by atoms with van der Waals surface area (Å²) in [6.45, 7) is 2.52. The summed E-state index contributed by atoms with van der Waals surface area (Å²) in [4.78, 5) is 23.1. The highest BCUT2D eigenvalue weighted by molar-refractivity contribution is 9.10. The van der Waals surface area contributed by atoms with E-state index in [0.717, 1.165) is 15.6 Å². The number of benzene rings is 1. The molecule has 21 heavy (non-hydrogen) atoms. The molecule has 0 atom stereocenters. The third-order valence-corrected chi connectivity index (χ3v) is 5.31. The Labute approximate surface area is 133 Å². The number of carbonyl (C=O) groups is 2. The van der Waals surface area contributed by atoms with Crippen LogP contribution in [0.3, 0.4) is 0 Å². The van der Waals surface area contributed by atoms with Gasteiger partial charge in [0, 0.05) is 16.9 Å². The number of hydrogen-bond donors (Lipinski definition) is 2. The fourth-order valence-corrected chi connectivity index (χ4v) is 3.18. The van der Waals surface area contributed by atoms with Crippen molar-refractivity contribution in [3.63, 3.8) is 0 Å². The number of nitrogens with one attached hydrogen (secondary N) is 1. The van der Waals surface area contributed by atoms with E-state index in [2.05, 4.69) is 21.2 Å². The van der Waals surface area contributed by atoms with E-state index in [0.29, 0.717) is 32.2 Å². The van der Waals surface area contributed by atoms with Gasteiger partial charge >= 0.3 is 5.97 Å². The first kappa shape index (κ1) is 16.0. The summed E-state index contributed by atoms with van der Waals surface area (Å²) >= 11 is 3.53. The number of carboxylic acids is 1. The molecular formula is C16H20BrNO3. The first-order chi connectivity index (χ1) is 9.99. The number of amides is 1. The minimum Gasteiger partial charge on any atom is -0.481 e. The van der Waals surface area contributed by atoms with Crippen LogP contribution in [0.1, 0.15) is 36.8 Å². The van der Waals surface area contributed by atoms with Gasteiger partial charge in [-0.25, -0.2) is 0 Å². The van der Waals surface area contributed by atoms with Crippen LogP contribution >= 0.6 is 15.9 Å². The van der Waals surface area contributed by atoms with Crippen LogP contribution in [0, 0.1) is 18.8 Å². The standard InChI is InChI=1S/C16H20BrNO3/c1-10-3-2-4-13(14(10)17)9-18-15(19)11-5-7-12(8-6-11)16(20)21/h2-4,11-12H,5-9H2,1H3,(H,18,19)(H,20,21). The Kier molecular flexibility index (Phi) is 5.39. The number of hydrogen-bond acceptors (Lipinski definition) is 2. The zero-order valence-corrected chi connectivity index (χ0v) is 13.6. The topological polar surface area (TPSA) is 66.4 Å². The van der Waals surface area contributed by atoms with Crippen LogP contribution in [0.15, 0.2) is 22.7 Å². The minimum absolute atomic E-state index is 0.0345. The zero-order chi connectivity index (χ0) is 15.4. The predicted octanol–water partition coefficient (Wildman–Crippen LogP) is 3.26. The molecule has 1 aliphatic carbocycles. The second-order valence-electron chi connectivity index (χ2n) is 5.65. The molecule has 0 radical (unpaired) electrons. The lowest BCUT2D eigenvalue weighted by atomic mass is 9.81. The molecule has 0 bridgehead atoms. The van der Waals surface area contributed by atoms with E-state index in [-0.39, 0.29) is 17.7 Å².